The van der Waals surface area contributed by atoms with Crippen LogP contribution in [0.1, 0.15) is 33.3 Å². The van der Waals surface area contributed by atoms with E-state index in [0.717, 1.165) is 5.56 Å². The maximum absolute atomic E-state index is 13.7. The molecule has 0 unspecified atom stereocenters. The van der Waals surface area contributed by atoms with Crippen LogP contribution in [-0.4, -0.2) is 12.6 Å². The van der Waals surface area contributed by atoms with Gasteiger partial charge in [0.15, 0.2) is 11.6 Å². The molecule has 0 amide bonds. The van der Waals surface area contributed by atoms with Gasteiger partial charge in [-0.15, -0.1) is 0 Å². The molecule has 1 aromatic carbocycles. The summed E-state index contributed by atoms with van der Waals surface area (Å²) >= 11 is 0. The van der Waals surface area contributed by atoms with Crippen molar-refractivity contribution in [3.63, 3.8) is 0 Å². The maximum Gasteiger partial charge on any atom is 0.165 e. The molecule has 0 aliphatic heterocycles. The number of rotatable bonds is 6. The molecule has 1 aromatic rings. The molecule has 2 nitrogen and oxygen atoms in total. The fourth-order valence-electron chi connectivity index (χ4n) is 1.35. The zero-order valence-corrected chi connectivity index (χ0v) is 11.1. The van der Waals surface area contributed by atoms with E-state index >= 15 is 0 Å². The van der Waals surface area contributed by atoms with Crippen LogP contribution < -0.4 is 10.1 Å². The van der Waals surface area contributed by atoms with Gasteiger partial charge < -0.3 is 10.1 Å². The lowest BCUT2D eigenvalue weighted by molar-refractivity contribution is 0.259. The number of halogens is 1. The average molecular weight is 239 g/mol. The SMILES string of the molecule is CC(C)COc1ccc(CNC(C)C)cc1F. The first kappa shape index (κ1) is 14.0. The van der Waals surface area contributed by atoms with Crippen molar-refractivity contribution in [3.8, 4) is 5.75 Å². The maximum atomic E-state index is 13.7. The third kappa shape index (κ3) is 5.18. The lowest BCUT2D eigenvalue weighted by Gasteiger charge is -2.12. The van der Waals surface area contributed by atoms with Gasteiger partial charge in [-0.25, -0.2) is 4.39 Å². The smallest absolute Gasteiger partial charge is 0.165 e. The Kier molecular flexibility index (Phi) is 5.42. The van der Waals surface area contributed by atoms with Crippen molar-refractivity contribution in [2.75, 3.05) is 6.61 Å². The van der Waals surface area contributed by atoms with Gasteiger partial charge in [-0.1, -0.05) is 33.8 Å². The fraction of sp³-hybridized carbons (Fsp3) is 0.571. The number of ether oxygens (including phenoxy) is 1. The molecule has 0 radical (unpaired) electrons. The van der Waals surface area contributed by atoms with E-state index in [0.29, 0.717) is 30.9 Å². The van der Waals surface area contributed by atoms with E-state index in [1.54, 1.807) is 6.07 Å². The Morgan fingerprint density at radius 1 is 1.24 bits per heavy atom. The van der Waals surface area contributed by atoms with Crippen LogP contribution in [0.4, 0.5) is 4.39 Å². The summed E-state index contributed by atoms with van der Waals surface area (Å²) in [5.41, 5.74) is 0.938. The number of nitrogens with one attached hydrogen (secondary N) is 1. The molecule has 96 valence electrons. The molecule has 3 heteroatoms. The monoisotopic (exact) mass is 239 g/mol. The second-order valence-electron chi connectivity index (χ2n) is 5.01. The number of hydrogen-bond acceptors (Lipinski definition) is 2. The highest BCUT2D eigenvalue weighted by Gasteiger charge is 2.06. The van der Waals surface area contributed by atoms with Crippen molar-refractivity contribution in [1.82, 2.24) is 5.32 Å². The van der Waals surface area contributed by atoms with E-state index in [9.17, 15) is 4.39 Å². The van der Waals surface area contributed by atoms with Gasteiger partial charge in [0.2, 0.25) is 0 Å². The summed E-state index contributed by atoms with van der Waals surface area (Å²) in [6.45, 7) is 9.43. The van der Waals surface area contributed by atoms with Crippen molar-refractivity contribution < 1.29 is 9.13 Å². The molecule has 0 saturated carbocycles. The van der Waals surface area contributed by atoms with Crippen LogP contribution in [-0.2, 0) is 6.54 Å². The van der Waals surface area contributed by atoms with E-state index in [1.807, 2.05) is 19.9 Å². The molecule has 0 spiro atoms. The minimum Gasteiger partial charge on any atom is -0.490 e. The van der Waals surface area contributed by atoms with Gasteiger partial charge in [0.1, 0.15) is 0 Å². The van der Waals surface area contributed by atoms with Gasteiger partial charge in [-0.3, -0.25) is 0 Å². The number of benzene rings is 1. The topological polar surface area (TPSA) is 21.3 Å². The van der Waals surface area contributed by atoms with Gasteiger partial charge in [-0.2, -0.15) is 0 Å². The largest absolute Gasteiger partial charge is 0.490 e. The van der Waals surface area contributed by atoms with E-state index < -0.39 is 0 Å². The standard InChI is InChI=1S/C14H22FNO/c1-10(2)9-17-14-6-5-12(7-13(14)15)8-16-11(3)4/h5-7,10-11,16H,8-9H2,1-4H3. The van der Waals surface area contributed by atoms with Crippen molar-refractivity contribution in [3.05, 3.63) is 29.6 Å². The van der Waals surface area contributed by atoms with Crippen LogP contribution >= 0.6 is 0 Å². The Labute approximate surface area is 103 Å². The molecular formula is C14H22FNO. The molecule has 0 aliphatic rings. The van der Waals surface area contributed by atoms with E-state index in [1.165, 1.54) is 6.07 Å². The summed E-state index contributed by atoms with van der Waals surface area (Å²) in [5, 5.41) is 3.25. The molecule has 0 heterocycles. The Morgan fingerprint density at radius 2 is 1.94 bits per heavy atom. The Balaban J connectivity index is 2.59. The first-order valence-corrected chi connectivity index (χ1v) is 6.13. The highest BCUT2D eigenvalue weighted by molar-refractivity contribution is 5.29. The predicted molar refractivity (Wildman–Crippen MR) is 68.7 cm³/mol. The molecule has 0 atom stereocenters. The van der Waals surface area contributed by atoms with Gasteiger partial charge >= 0.3 is 0 Å². The van der Waals surface area contributed by atoms with Crippen LogP contribution in [0.2, 0.25) is 0 Å². The Hall–Kier alpha value is -1.09. The van der Waals surface area contributed by atoms with Crippen molar-refractivity contribution in [1.29, 1.82) is 0 Å². The van der Waals surface area contributed by atoms with Crippen LogP contribution in [0.15, 0.2) is 18.2 Å². The van der Waals surface area contributed by atoms with Crippen LogP contribution in [0.5, 0.6) is 5.75 Å². The van der Waals surface area contributed by atoms with Crippen molar-refractivity contribution >= 4 is 0 Å². The summed E-state index contributed by atoms with van der Waals surface area (Å²) in [5.74, 6) is 0.456. The summed E-state index contributed by atoms with van der Waals surface area (Å²) in [6, 6.07) is 5.53. The highest BCUT2D eigenvalue weighted by atomic mass is 19.1. The molecule has 17 heavy (non-hydrogen) atoms. The van der Waals surface area contributed by atoms with Gasteiger partial charge in [0, 0.05) is 12.6 Å². The summed E-state index contributed by atoms with van der Waals surface area (Å²) in [7, 11) is 0. The second kappa shape index (κ2) is 6.60. The normalized spacial score (nSPS) is 11.2. The van der Waals surface area contributed by atoms with Crippen LogP contribution in [0, 0.1) is 11.7 Å². The first-order valence-electron chi connectivity index (χ1n) is 6.13. The molecule has 1 N–H and O–H groups in total. The van der Waals surface area contributed by atoms with E-state index in [2.05, 4.69) is 19.2 Å². The fourth-order valence-corrected chi connectivity index (χ4v) is 1.35. The Bertz CT molecular complexity index is 350. The summed E-state index contributed by atoms with van der Waals surface area (Å²) < 4.78 is 19.1. The molecule has 0 fully saturated rings. The molecule has 0 saturated heterocycles. The average Bonchev–Trinajstić information content (AvgIpc) is 2.24. The van der Waals surface area contributed by atoms with Gasteiger partial charge in [-0.05, 0) is 23.6 Å². The van der Waals surface area contributed by atoms with Crippen LogP contribution in [0.25, 0.3) is 0 Å². The lowest BCUT2D eigenvalue weighted by atomic mass is 10.2. The molecular weight excluding hydrogens is 217 g/mol. The second-order valence-corrected chi connectivity index (χ2v) is 5.01. The van der Waals surface area contributed by atoms with E-state index in [-0.39, 0.29) is 5.82 Å². The minimum atomic E-state index is -0.284. The highest BCUT2D eigenvalue weighted by Crippen LogP contribution is 2.19. The quantitative estimate of drug-likeness (QED) is 0.822. The van der Waals surface area contributed by atoms with E-state index in [4.69, 9.17) is 4.74 Å². The molecule has 1 rings (SSSR count). The summed E-state index contributed by atoms with van der Waals surface area (Å²) in [6.07, 6.45) is 0. The zero-order chi connectivity index (χ0) is 12.8. The number of hydrogen-bond donors (Lipinski definition) is 1. The van der Waals surface area contributed by atoms with Crippen LogP contribution in [0.3, 0.4) is 0 Å². The molecule has 0 aromatic heterocycles. The molecule has 0 aliphatic carbocycles. The van der Waals surface area contributed by atoms with Gasteiger partial charge in [0.25, 0.3) is 0 Å². The van der Waals surface area contributed by atoms with Crippen molar-refractivity contribution in [2.45, 2.75) is 40.3 Å². The third-order valence-corrected chi connectivity index (χ3v) is 2.28. The predicted octanol–water partition coefficient (Wildman–Crippen LogP) is 3.36. The first-order chi connectivity index (χ1) is 7.99. The zero-order valence-electron chi connectivity index (χ0n) is 11.1. The minimum absolute atomic E-state index is 0.284. The summed E-state index contributed by atoms with van der Waals surface area (Å²) in [4.78, 5) is 0. The molecule has 0 bridgehead atoms. The lowest BCUT2D eigenvalue weighted by Crippen LogP contribution is -2.21. The van der Waals surface area contributed by atoms with Gasteiger partial charge in [0.05, 0.1) is 6.61 Å². The third-order valence-electron chi connectivity index (χ3n) is 2.28. The van der Waals surface area contributed by atoms with Crippen molar-refractivity contribution in [2.24, 2.45) is 5.92 Å². The Morgan fingerprint density at radius 3 is 2.47 bits per heavy atom.